The minimum atomic E-state index is -0.472. The first-order chi connectivity index (χ1) is 34.7. The van der Waals surface area contributed by atoms with E-state index in [1.807, 2.05) is 0 Å². The molecule has 13 aromatic rings. The normalized spacial score (nSPS) is 12.7. The van der Waals surface area contributed by atoms with Crippen molar-refractivity contribution >= 4 is 60.7 Å². The Morgan fingerprint density at radius 1 is 0.257 bits per heavy atom. The highest BCUT2D eigenvalue weighted by molar-refractivity contribution is 6.10. The van der Waals surface area contributed by atoms with Crippen molar-refractivity contribution in [2.45, 2.75) is 5.41 Å². The standard InChI is InChI=1S/C67H45N3/c1-2-16-48(17-3-1)67(61-24-10-4-18-55(61)56-19-5-11-25-62(56)67)49-34-40-51(41-35-49)68(52-42-44-54(45-43-52)70-65-28-14-8-22-59(65)60-23-9-15-29-66(60)70)50-36-30-46(31-37-50)47-32-38-53(39-33-47)69-63-26-12-6-20-57(63)58-21-7-13-27-64(58)69/h1-45H. The predicted octanol–water partition coefficient (Wildman–Crippen LogP) is 17.4. The second kappa shape index (κ2) is 16.0. The van der Waals surface area contributed by atoms with Crippen molar-refractivity contribution in [3.63, 3.8) is 0 Å². The highest BCUT2D eigenvalue weighted by Crippen LogP contribution is 2.56. The zero-order valence-corrected chi connectivity index (χ0v) is 38.3. The monoisotopic (exact) mass is 891 g/mol. The van der Waals surface area contributed by atoms with Gasteiger partial charge in [-0.3, -0.25) is 0 Å². The fraction of sp³-hybridized carbons (Fsp3) is 0.0149. The SMILES string of the molecule is c1ccc(C2(c3ccc(N(c4ccc(-c5ccc(-n6c7ccccc7c7ccccc76)cc5)cc4)c4ccc(-n5c6ccccc6c6ccccc65)cc4)cc3)c3ccccc3-c3ccccc32)cc1. The van der Waals surface area contributed by atoms with E-state index in [2.05, 4.69) is 287 Å². The first-order valence-corrected chi connectivity index (χ1v) is 24.2. The molecule has 0 saturated heterocycles. The molecule has 0 N–H and O–H groups in total. The third-order valence-corrected chi connectivity index (χ3v) is 14.8. The molecule has 0 radical (unpaired) electrons. The molecule has 11 aromatic carbocycles. The quantitative estimate of drug-likeness (QED) is 0.148. The lowest BCUT2D eigenvalue weighted by molar-refractivity contribution is 0.768. The molecule has 0 spiro atoms. The molecule has 2 aromatic heterocycles. The highest BCUT2D eigenvalue weighted by Gasteiger charge is 2.45. The van der Waals surface area contributed by atoms with Crippen LogP contribution in [-0.4, -0.2) is 9.13 Å². The van der Waals surface area contributed by atoms with Gasteiger partial charge in [-0.2, -0.15) is 0 Å². The van der Waals surface area contributed by atoms with Crippen LogP contribution in [0.1, 0.15) is 22.3 Å². The topological polar surface area (TPSA) is 13.1 Å². The number of hydrogen-bond acceptors (Lipinski definition) is 1. The van der Waals surface area contributed by atoms with Crippen LogP contribution in [0.5, 0.6) is 0 Å². The van der Waals surface area contributed by atoms with Gasteiger partial charge in [-0.1, -0.05) is 188 Å². The minimum absolute atomic E-state index is 0.472. The fourth-order valence-corrected chi connectivity index (χ4v) is 11.8. The van der Waals surface area contributed by atoms with E-state index in [1.54, 1.807) is 0 Å². The van der Waals surface area contributed by atoms with E-state index in [0.717, 1.165) is 34.0 Å². The summed E-state index contributed by atoms with van der Waals surface area (Å²) in [7, 11) is 0. The van der Waals surface area contributed by atoms with E-state index in [0.29, 0.717) is 0 Å². The molecule has 1 aliphatic rings. The number of benzene rings is 11. The molecule has 328 valence electrons. The predicted molar refractivity (Wildman–Crippen MR) is 293 cm³/mol. The summed E-state index contributed by atoms with van der Waals surface area (Å²) in [6, 6.07) is 100. The van der Waals surface area contributed by atoms with Crippen LogP contribution < -0.4 is 4.90 Å². The van der Waals surface area contributed by atoms with E-state index in [1.165, 1.54) is 82.6 Å². The van der Waals surface area contributed by atoms with Gasteiger partial charge in [0, 0.05) is 50.0 Å². The summed E-state index contributed by atoms with van der Waals surface area (Å²) in [4.78, 5) is 2.39. The van der Waals surface area contributed by atoms with Gasteiger partial charge >= 0.3 is 0 Å². The largest absolute Gasteiger partial charge is 0.311 e. The van der Waals surface area contributed by atoms with Crippen LogP contribution in [-0.2, 0) is 5.41 Å². The van der Waals surface area contributed by atoms with Crippen LogP contribution in [0.2, 0.25) is 0 Å². The van der Waals surface area contributed by atoms with Crippen LogP contribution in [0.25, 0.3) is 77.2 Å². The Balaban J connectivity index is 0.876. The summed E-state index contributed by atoms with van der Waals surface area (Å²) < 4.78 is 4.76. The van der Waals surface area contributed by atoms with Gasteiger partial charge in [-0.25, -0.2) is 0 Å². The Labute approximate surface area is 407 Å². The van der Waals surface area contributed by atoms with E-state index in [9.17, 15) is 0 Å². The number of fused-ring (bicyclic) bond motifs is 9. The van der Waals surface area contributed by atoms with E-state index in [4.69, 9.17) is 0 Å². The smallest absolute Gasteiger partial charge is 0.0713 e. The molecule has 1 aliphatic carbocycles. The molecule has 3 heteroatoms. The Morgan fingerprint density at radius 2 is 0.571 bits per heavy atom. The van der Waals surface area contributed by atoms with Gasteiger partial charge in [-0.15, -0.1) is 0 Å². The van der Waals surface area contributed by atoms with Crippen molar-refractivity contribution in [2.24, 2.45) is 0 Å². The molecule has 0 aliphatic heterocycles. The van der Waals surface area contributed by atoms with E-state index < -0.39 is 5.41 Å². The zero-order valence-electron chi connectivity index (χ0n) is 38.3. The van der Waals surface area contributed by atoms with Crippen molar-refractivity contribution in [3.05, 3.63) is 295 Å². The molecule has 3 nitrogen and oxygen atoms in total. The summed E-state index contributed by atoms with van der Waals surface area (Å²) in [6.07, 6.45) is 0. The molecule has 70 heavy (non-hydrogen) atoms. The second-order valence-electron chi connectivity index (χ2n) is 18.4. The Kier molecular flexibility index (Phi) is 9.11. The van der Waals surface area contributed by atoms with E-state index in [-0.39, 0.29) is 0 Å². The van der Waals surface area contributed by atoms with Crippen LogP contribution in [0.4, 0.5) is 17.1 Å². The van der Waals surface area contributed by atoms with Gasteiger partial charge in [0.05, 0.1) is 27.5 Å². The first-order valence-electron chi connectivity index (χ1n) is 24.2. The third-order valence-electron chi connectivity index (χ3n) is 14.8. The van der Waals surface area contributed by atoms with Crippen LogP contribution >= 0.6 is 0 Å². The summed E-state index contributed by atoms with van der Waals surface area (Å²) in [6.45, 7) is 0. The number of aromatic nitrogens is 2. The second-order valence-corrected chi connectivity index (χ2v) is 18.4. The fourth-order valence-electron chi connectivity index (χ4n) is 11.8. The average molecular weight is 892 g/mol. The van der Waals surface area contributed by atoms with Crippen LogP contribution in [0.3, 0.4) is 0 Å². The lowest BCUT2D eigenvalue weighted by Crippen LogP contribution is -2.28. The Hall–Kier alpha value is -9.18. The maximum atomic E-state index is 2.39. The lowest BCUT2D eigenvalue weighted by atomic mass is 9.68. The Bertz CT molecular complexity index is 3930. The molecule has 0 bridgehead atoms. The maximum Gasteiger partial charge on any atom is 0.0713 e. The maximum absolute atomic E-state index is 2.39. The summed E-state index contributed by atoms with van der Waals surface area (Å²) in [5, 5.41) is 5.05. The zero-order chi connectivity index (χ0) is 46.2. The van der Waals surface area contributed by atoms with Crippen LogP contribution in [0, 0.1) is 0 Å². The van der Waals surface area contributed by atoms with Crippen molar-refractivity contribution in [1.29, 1.82) is 0 Å². The number of para-hydroxylation sites is 4. The minimum Gasteiger partial charge on any atom is -0.311 e. The van der Waals surface area contributed by atoms with Crippen molar-refractivity contribution in [2.75, 3.05) is 4.90 Å². The molecular weight excluding hydrogens is 847 g/mol. The number of nitrogens with zero attached hydrogens (tertiary/aromatic N) is 3. The summed E-state index contributed by atoms with van der Waals surface area (Å²) >= 11 is 0. The van der Waals surface area contributed by atoms with Crippen molar-refractivity contribution < 1.29 is 0 Å². The van der Waals surface area contributed by atoms with Crippen molar-refractivity contribution in [1.82, 2.24) is 9.13 Å². The summed E-state index contributed by atoms with van der Waals surface area (Å²) in [5.41, 5.74) is 19.9. The number of hydrogen-bond donors (Lipinski definition) is 0. The molecule has 2 heterocycles. The van der Waals surface area contributed by atoms with Gasteiger partial charge in [0.2, 0.25) is 0 Å². The van der Waals surface area contributed by atoms with Crippen molar-refractivity contribution in [3.8, 4) is 33.6 Å². The van der Waals surface area contributed by atoms with Gasteiger partial charge in [0.1, 0.15) is 0 Å². The molecule has 0 unspecified atom stereocenters. The third kappa shape index (κ3) is 6.01. The molecule has 0 fully saturated rings. The van der Waals surface area contributed by atoms with Gasteiger partial charge in [0.15, 0.2) is 0 Å². The van der Waals surface area contributed by atoms with E-state index >= 15 is 0 Å². The van der Waals surface area contributed by atoms with Gasteiger partial charge in [-0.05, 0) is 129 Å². The first kappa shape index (κ1) is 39.9. The molecule has 0 amide bonds. The molecule has 14 rings (SSSR count). The molecule has 0 atom stereocenters. The molecular formula is C67H45N3. The highest BCUT2D eigenvalue weighted by atomic mass is 15.1. The molecule has 0 saturated carbocycles. The van der Waals surface area contributed by atoms with Gasteiger partial charge in [0.25, 0.3) is 0 Å². The van der Waals surface area contributed by atoms with Crippen LogP contribution in [0.15, 0.2) is 273 Å². The number of rotatable bonds is 8. The summed E-state index contributed by atoms with van der Waals surface area (Å²) in [5.74, 6) is 0. The average Bonchev–Trinajstić information content (AvgIpc) is 4.07. The van der Waals surface area contributed by atoms with Gasteiger partial charge < -0.3 is 14.0 Å². The number of anilines is 3. The lowest BCUT2D eigenvalue weighted by Gasteiger charge is -2.34. The Morgan fingerprint density at radius 3 is 1.01 bits per heavy atom.